The van der Waals surface area contributed by atoms with Crippen molar-refractivity contribution in [3.63, 3.8) is 0 Å². The van der Waals surface area contributed by atoms with Gasteiger partial charge in [-0.1, -0.05) is 11.2 Å². The second-order valence-corrected chi connectivity index (χ2v) is 3.94. The zero-order valence-electron chi connectivity index (χ0n) is 10.7. The molecule has 0 saturated carbocycles. The molecular formula is C11H5F6N3O3. The smallest absolute Gasteiger partial charge is 0.406 e. The van der Waals surface area contributed by atoms with Crippen LogP contribution in [0.3, 0.4) is 0 Å². The molecule has 0 unspecified atom stereocenters. The average molecular weight is 341 g/mol. The molecule has 23 heavy (non-hydrogen) atoms. The van der Waals surface area contributed by atoms with Crippen molar-refractivity contribution in [3.8, 4) is 5.75 Å². The van der Waals surface area contributed by atoms with Gasteiger partial charge in [0.25, 0.3) is 5.91 Å². The zero-order chi connectivity index (χ0) is 17.3. The number of aromatic nitrogens is 2. The fourth-order valence-corrected chi connectivity index (χ4v) is 1.39. The number of rotatable bonds is 3. The van der Waals surface area contributed by atoms with E-state index < -0.39 is 36.1 Å². The van der Waals surface area contributed by atoms with Gasteiger partial charge in [-0.05, 0) is 18.2 Å². The number of anilines is 1. The van der Waals surface area contributed by atoms with Crippen LogP contribution in [0.25, 0.3) is 0 Å². The number of amides is 1. The fraction of sp³-hybridized carbons (Fsp3) is 0.182. The number of hydrogen-bond donors (Lipinski definition) is 1. The number of hydrogen-bond acceptors (Lipinski definition) is 5. The van der Waals surface area contributed by atoms with E-state index >= 15 is 0 Å². The van der Waals surface area contributed by atoms with E-state index in [-0.39, 0.29) is 5.56 Å². The first-order chi connectivity index (χ1) is 10.5. The van der Waals surface area contributed by atoms with Gasteiger partial charge < -0.3 is 9.15 Å². The lowest BCUT2D eigenvalue weighted by atomic mass is 10.2. The maximum Gasteiger partial charge on any atom is 0.573 e. The molecule has 2 rings (SSSR count). The van der Waals surface area contributed by atoms with Crippen molar-refractivity contribution < 1.29 is 40.3 Å². The van der Waals surface area contributed by atoms with Crippen molar-refractivity contribution in [1.29, 1.82) is 0 Å². The van der Waals surface area contributed by atoms with Gasteiger partial charge >= 0.3 is 24.4 Å². The summed E-state index contributed by atoms with van der Waals surface area (Å²) in [6.07, 6.45) is -9.85. The molecule has 0 aliphatic rings. The second kappa shape index (κ2) is 5.78. The minimum Gasteiger partial charge on any atom is -0.406 e. The summed E-state index contributed by atoms with van der Waals surface area (Å²) in [5.74, 6) is -3.41. The standard InChI is InChI=1S/C11H5F6N3O3/c12-10(13,14)8-19-20-9(22-8)18-7(21)5-2-1-3-6(4-5)23-11(15,16)17/h1-4H,(H,18,20,21). The third-order valence-corrected chi connectivity index (χ3v) is 2.22. The van der Waals surface area contributed by atoms with Gasteiger partial charge in [-0.2, -0.15) is 13.2 Å². The lowest BCUT2D eigenvalue weighted by Gasteiger charge is -2.09. The van der Waals surface area contributed by atoms with Crippen LogP contribution in [0.15, 0.2) is 28.7 Å². The largest absolute Gasteiger partial charge is 0.573 e. The van der Waals surface area contributed by atoms with Crippen molar-refractivity contribution >= 4 is 11.9 Å². The number of carbonyl (C=O) groups is 1. The molecule has 1 N–H and O–H groups in total. The highest BCUT2D eigenvalue weighted by Crippen LogP contribution is 2.29. The number of halogens is 6. The topological polar surface area (TPSA) is 77.3 Å². The average Bonchev–Trinajstić information content (AvgIpc) is 2.85. The van der Waals surface area contributed by atoms with Crippen LogP contribution in [0.2, 0.25) is 0 Å². The van der Waals surface area contributed by atoms with E-state index in [1.807, 2.05) is 5.32 Å². The molecule has 2 aromatic rings. The second-order valence-electron chi connectivity index (χ2n) is 3.94. The Kier molecular flexibility index (Phi) is 4.16. The van der Waals surface area contributed by atoms with Crippen LogP contribution in [-0.2, 0) is 6.18 Å². The Bertz CT molecular complexity index is 710. The van der Waals surface area contributed by atoms with Gasteiger partial charge in [0.05, 0.1) is 0 Å². The Balaban J connectivity index is 2.12. The van der Waals surface area contributed by atoms with Crippen LogP contribution in [-0.4, -0.2) is 22.5 Å². The van der Waals surface area contributed by atoms with Crippen molar-refractivity contribution in [2.45, 2.75) is 12.5 Å². The molecule has 0 saturated heterocycles. The van der Waals surface area contributed by atoms with Gasteiger partial charge in [-0.15, -0.1) is 18.3 Å². The molecular weight excluding hydrogens is 336 g/mol. The van der Waals surface area contributed by atoms with Gasteiger partial charge in [0.15, 0.2) is 0 Å². The van der Waals surface area contributed by atoms with E-state index in [4.69, 9.17) is 0 Å². The number of nitrogens with one attached hydrogen (secondary N) is 1. The van der Waals surface area contributed by atoms with E-state index in [0.717, 1.165) is 24.3 Å². The van der Waals surface area contributed by atoms with E-state index in [2.05, 4.69) is 19.4 Å². The molecule has 1 aromatic heterocycles. The molecule has 0 spiro atoms. The predicted octanol–water partition coefficient (Wildman–Crippen LogP) is 3.24. The van der Waals surface area contributed by atoms with E-state index in [9.17, 15) is 31.1 Å². The Hall–Kier alpha value is -2.79. The third kappa shape index (κ3) is 4.59. The summed E-state index contributed by atoms with van der Waals surface area (Å²) in [7, 11) is 0. The summed E-state index contributed by atoms with van der Waals surface area (Å²) in [5.41, 5.74) is -0.321. The molecule has 1 amide bonds. The van der Waals surface area contributed by atoms with Crippen molar-refractivity contribution in [2.24, 2.45) is 0 Å². The Morgan fingerprint density at radius 3 is 2.39 bits per heavy atom. The summed E-state index contributed by atoms with van der Waals surface area (Å²) in [6.45, 7) is 0. The summed E-state index contributed by atoms with van der Waals surface area (Å²) < 4.78 is 80.7. The van der Waals surface area contributed by atoms with Gasteiger partial charge in [0.1, 0.15) is 5.75 Å². The van der Waals surface area contributed by atoms with E-state index in [1.54, 1.807) is 0 Å². The number of alkyl halides is 6. The monoisotopic (exact) mass is 341 g/mol. The first kappa shape index (κ1) is 16.6. The maximum atomic E-state index is 12.2. The molecule has 0 radical (unpaired) electrons. The van der Waals surface area contributed by atoms with Crippen LogP contribution >= 0.6 is 0 Å². The van der Waals surface area contributed by atoms with Crippen molar-refractivity contribution in [1.82, 2.24) is 10.2 Å². The van der Waals surface area contributed by atoms with Crippen LogP contribution < -0.4 is 10.1 Å². The Labute approximate surface area is 123 Å². The fourth-order valence-electron chi connectivity index (χ4n) is 1.39. The number of benzene rings is 1. The first-order valence-electron chi connectivity index (χ1n) is 5.62. The van der Waals surface area contributed by atoms with Gasteiger partial charge in [-0.25, -0.2) is 0 Å². The number of nitrogens with zero attached hydrogens (tertiary/aromatic N) is 2. The Morgan fingerprint density at radius 1 is 1.13 bits per heavy atom. The van der Waals surface area contributed by atoms with Gasteiger partial charge in [-0.3, -0.25) is 10.1 Å². The molecule has 0 aliphatic carbocycles. The summed E-state index contributed by atoms with van der Waals surface area (Å²) in [6, 6.07) is 3.03. The SMILES string of the molecule is O=C(Nc1nnc(C(F)(F)F)o1)c1cccc(OC(F)(F)F)c1. The molecule has 0 atom stereocenters. The quantitative estimate of drug-likeness (QED) is 0.868. The molecule has 1 aromatic carbocycles. The third-order valence-electron chi connectivity index (χ3n) is 2.22. The van der Waals surface area contributed by atoms with Crippen LogP contribution in [0.4, 0.5) is 32.4 Å². The molecule has 0 aliphatic heterocycles. The van der Waals surface area contributed by atoms with Crippen LogP contribution in [0.5, 0.6) is 5.75 Å². The summed E-state index contributed by atoms with van der Waals surface area (Å²) in [4.78, 5) is 11.7. The van der Waals surface area contributed by atoms with Crippen molar-refractivity contribution in [2.75, 3.05) is 5.32 Å². The normalized spacial score (nSPS) is 12.1. The molecule has 6 nitrogen and oxygen atoms in total. The molecule has 1 heterocycles. The first-order valence-corrected chi connectivity index (χ1v) is 5.62. The minimum atomic E-state index is -4.96. The zero-order valence-corrected chi connectivity index (χ0v) is 10.7. The predicted molar refractivity (Wildman–Crippen MR) is 60.4 cm³/mol. The maximum absolute atomic E-state index is 12.2. The summed E-state index contributed by atoms with van der Waals surface area (Å²) in [5, 5.41) is 7.45. The molecule has 12 heteroatoms. The molecule has 0 fully saturated rings. The number of ether oxygens (including phenoxy) is 1. The lowest BCUT2D eigenvalue weighted by Crippen LogP contribution is -2.18. The van der Waals surface area contributed by atoms with Crippen LogP contribution in [0.1, 0.15) is 16.2 Å². The summed E-state index contributed by atoms with van der Waals surface area (Å²) >= 11 is 0. The van der Waals surface area contributed by atoms with E-state index in [1.165, 1.54) is 0 Å². The van der Waals surface area contributed by atoms with Crippen molar-refractivity contribution in [3.05, 3.63) is 35.7 Å². The lowest BCUT2D eigenvalue weighted by molar-refractivity contribution is -0.274. The number of carbonyl (C=O) groups excluding carboxylic acids is 1. The highest BCUT2D eigenvalue weighted by atomic mass is 19.4. The highest BCUT2D eigenvalue weighted by molar-refractivity contribution is 6.03. The molecule has 0 bridgehead atoms. The highest BCUT2D eigenvalue weighted by Gasteiger charge is 2.38. The van der Waals surface area contributed by atoms with E-state index in [0.29, 0.717) is 0 Å². The van der Waals surface area contributed by atoms with Gasteiger partial charge in [0.2, 0.25) is 0 Å². The van der Waals surface area contributed by atoms with Gasteiger partial charge in [0, 0.05) is 5.56 Å². The van der Waals surface area contributed by atoms with Crippen LogP contribution in [0, 0.1) is 0 Å². The minimum absolute atomic E-state index is 0.321. The Morgan fingerprint density at radius 2 is 1.83 bits per heavy atom. The molecule has 124 valence electrons.